The van der Waals surface area contributed by atoms with Crippen LogP contribution < -0.4 is 16.2 Å². The van der Waals surface area contributed by atoms with Gasteiger partial charge in [-0.1, -0.05) is 13.8 Å². The van der Waals surface area contributed by atoms with E-state index in [1.54, 1.807) is 12.1 Å². The van der Waals surface area contributed by atoms with Crippen molar-refractivity contribution in [3.8, 4) is 0 Å². The number of sulfonamides is 1. The van der Waals surface area contributed by atoms with Crippen LogP contribution in [0, 0.1) is 5.92 Å². The largest absolute Gasteiger partial charge is 0.399 e. The molecule has 0 radical (unpaired) electrons. The molecule has 1 unspecified atom stereocenters. The second-order valence-corrected chi connectivity index (χ2v) is 6.01. The Kier molecular flexibility index (Phi) is 4.55. The fourth-order valence-electron chi connectivity index (χ4n) is 1.52. The lowest BCUT2D eigenvalue weighted by Crippen LogP contribution is -2.30. The molecule has 0 saturated carbocycles. The van der Waals surface area contributed by atoms with Gasteiger partial charge in [-0.25, -0.2) is 13.6 Å². The van der Waals surface area contributed by atoms with Gasteiger partial charge >= 0.3 is 0 Å². The van der Waals surface area contributed by atoms with Gasteiger partial charge in [-0.3, -0.25) is 0 Å². The molecule has 0 fully saturated rings. The van der Waals surface area contributed by atoms with E-state index < -0.39 is 10.0 Å². The maximum Gasteiger partial charge on any atom is 0.240 e. The fraction of sp³-hybridized carbons (Fsp3) is 0.455. The number of aliphatic hydroxyl groups excluding tert-OH is 1. The molecule has 0 amide bonds. The molecule has 1 atom stereocenters. The number of nitrogens with one attached hydrogen (secondary N) is 1. The smallest absolute Gasteiger partial charge is 0.240 e. The van der Waals surface area contributed by atoms with Crippen molar-refractivity contribution in [1.82, 2.24) is 0 Å². The van der Waals surface area contributed by atoms with E-state index in [1.165, 1.54) is 6.07 Å². The van der Waals surface area contributed by atoms with Crippen LogP contribution in [0.3, 0.4) is 0 Å². The zero-order valence-corrected chi connectivity index (χ0v) is 11.2. The summed E-state index contributed by atoms with van der Waals surface area (Å²) in [6, 6.07) is 4.16. The van der Waals surface area contributed by atoms with E-state index in [0.717, 1.165) is 0 Å². The van der Waals surface area contributed by atoms with Crippen molar-refractivity contribution >= 4 is 21.4 Å². The first-order valence-corrected chi connectivity index (χ1v) is 7.10. The number of hydrogen-bond acceptors (Lipinski definition) is 5. The van der Waals surface area contributed by atoms with Crippen LogP contribution in [0.2, 0.25) is 0 Å². The molecule has 0 heterocycles. The molecular weight excluding hydrogens is 254 g/mol. The van der Waals surface area contributed by atoms with Crippen LogP contribution in [-0.4, -0.2) is 26.2 Å². The maximum absolute atomic E-state index is 11.5. The number of aliphatic hydroxyl groups is 1. The van der Waals surface area contributed by atoms with Crippen LogP contribution in [0.25, 0.3) is 0 Å². The molecule has 102 valence electrons. The Bertz CT molecular complexity index is 514. The van der Waals surface area contributed by atoms with Crippen LogP contribution in [0.4, 0.5) is 11.4 Å². The second kappa shape index (κ2) is 5.55. The van der Waals surface area contributed by atoms with Gasteiger partial charge in [0.05, 0.1) is 18.3 Å². The van der Waals surface area contributed by atoms with E-state index in [2.05, 4.69) is 5.32 Å². The van der Waals surface area contributed by atoms with Crippen LogP contribution >= 0.6 is 0 Å². The van der Waals surface area contributed by atoms with Crippen LogP contribution in [-0.2, 0) is 10.0 Å². The third-order valence-electron chi connectivity index (χ3n) is 2.65. The summed E-state index contributed by atoms with van der Waals surface area (Å²) < 4.78 is 22.9. The van der Waals surface area contributed by atoms with Gasteiger partial charge in [0.2, 0.25) is 10.0 Å². The van der Waals surface area contributed by atoms with E-state index in [1.807, 2.05) is 13.8 Å². The normalized spacial score (nSPS) is 13.6. The summed E-state index contributed by atoms with van der Waals surface area (Å²) in [6.45, 7) is 3.73. The number of benzene rings is 1. The van der Waals surface area contributed by atoms with Gasteiger partial charge in [-0.2, -0.15) is 0 Å². The fourth-order valence-corrected chi connectivity index (χ4v) is 2.25. The summed E-state index contributed by atoms with van der Waals surface area (Å²) >= 11 is 0. The second-order valence-electron chi connectivity index (χ2n) is 4.48. The van der Waals surface area contributed by atoms with Crippen molar-refractivity contribution in [3.05, 3.63) is 18.2 Å². The van der Waals surface area contributed by atoms with E-state index in [0.29, 0.717) is 11.4 Å². The zero-order valence-electron chi connectivity index (χ0n) is 10.4. The van der Waals surface area contributed by atoms with Gasteiger partial charge in [-0.15, -0.1) is 0 Å². The van der Waals surface area contributed by atoms with E-state index in [4.69, 9.17) is 10.9 Å². The van der Waals surface area contributed by atoms with Crippen LogP contribution in [0.15, 0.2) is 23.1 Å². The predicted molar refractivity (Wildman–Crippen MR) is 71.6 cm³/mol. The Hall–Kier alpha value is -1.31. The molecule has 6 nitrogen and oxygen atoms in total. The number of anilines is 2. The van der Waals surface area contributed by atoms with Crippen LogP contribution in [0.5, 0.6) is 0 Å². The van der Waals surface area contributed by atoms with Gasteiger partial charge in [0.15, 0.2) is 0 Å². The lowest BCUT2D eigenvalue weighted by molar-refractivity contribution is 0.249. The summed E-state index contributed by atoms with van der Waals surface area (Å²) in [5.41, 5.74) is 6.21. The first kappa shape index (κ1) is 14.7. The molecule has 0 bridgehead atoms. The highest BCUT2D eigenvalue weighted by molar-refractivity contribution is 7.89. The number of nitrogens with two attached hydrogens (primary N) is 2. The third kappa shape index (κ3) is 3.59. The molecule has 0 aromatic heterocycles. The topological polar surface area (TPSA) is 118 Å². The summed E-state index contributed by atoms with van der Waals surface area (Å²) in [5.74, 6) is 0.140. The van der Waals surface area contributed by atoms with Gasteiger partial charge < -0.3 is 16.2 Å². The Morgan fingerprint density at radius 2 is 2.00 bits per heavy atom. The Morgan fingerprint density at radius 1 is 1.39 bits per heavy atom. The van der Waals surface area contributed by atoms with Crippen molar-refractivity contribution in [1.29, 1.82) is 0 Å². The molecule has 1 rings (SSSR count). The molecular formula is C11H19N3O3S. The van der Waals surface area contributed by atoms with Gasteiger partial charge in [0.1, 0.15) is 4.90 Å². The summed E-state index contributed by atoms with van der Waals surface area (Å²) in [4.78, 5) is -0.0680. The van der Waals surface area contributed by atoms with Crippen molar-refractivity contribution < 1.29 is 13.5 Å². The maximum atomic E-state index is 11.5. The summed E-state index contributed by atoms with van der Waals surface area (Å²) in [7, 11) is -3.86. The molecule has 6 N–H and O–H groups in total. The molecule has 0 spiro atoms. The average molecular weight is 273 g/mol. The predicted octanol–water partition coefficient (Wildman–Crippen LogP) is 0.345. The van der Waals surface area contributed by atoms with Gasteiger partial charge in [0.25, 0.3) is 0 Å². The summed E-state index contributed by atoms with van der Waals surface area (Å²) in [5, 5.41) is 17.3. The lowest BCUT2D eigenvalue weighted by atomic mass is 10.1. The molecule has 1 aromatic rings. The Balaban J connectivity index is 3.17. The molecule has 0 aliphatic carbocycles. The van der Waals surface area contributed by atoms with Gasteiger partial charge in [0, 0.05) is 5.69 Å². The summed E-state index contributed by atoms with van der Waals surface area (Å²) in [6.07, 6.45) is 0. The molecule has 0 aliphatic rings. The monoisotopic (exact) mass is 273 g/mol. The minimum absolute atomic E-state index is 0.0680. The first-order valence-electron chi connectivity index (χ1n) is 5.55. The SMILES string of the molecule is CC(C)C(CO)Nc1ccc(N)cc1S(N)(=O)=O. The molecule has 18 heavy (non-hydrogen) atoms. The molecule has 0 saturated heterocycles. The number of nitrogen functional groups attached to an aromatic ring is 1. The highest BCUT2D eigenvalue weighted by Gasteiger charge is 2.18. The van der Waals surface area contributed by atoms with E-state index in [-0.39, 0.29) is 23.5 Å². The van der Waals surface area contributed by atoms with Gasteiger partial charge in [-0.05, 0) is 24.1 Å². The quantitative estimate of drug-likeness (QED) is 0.577. The zero-order chi connectivity index (χ0) is 13.9. The van der Waals surface area contributed by atoms with E-state index >= 15 is 0 Å². The average Bonchev–Trinajstić information content (AvgIpc) is 2.25. The minimum Gasteiger partial charge on any atom is -0.399 e. The number of rotatable bonds is 5. The Morgan fingerprint density at radius 3 is 2.44 bits per heavy atom. The standard InChI is InChI=1S/C11H19N3O3S/c1-7(2)10(6-15)14-9-4-3-8(12)5-11(9)18(13,16)17/h3-5,7,10,14-15H,6,12H2,1-2H3,(H2,13,16,17). The number of hydrogen-bond donors (Lipinski definition) is 4. The van der Waals surface area contributed by atoms with Crippen molar-refractivity contribution in [2.24, 2.45) is 11.1 Å². The molecule has 0 aliphatic heterocycles. The Labute approximate surface area is 107 Å². The molecule has 1 aromatic carbocycles. The first-order chi connectivity index (χ1) is 8.25. The highest BCUT2D eigenvalue weighted by Crippen LogP contribution is 2.24. The van der Waals surface area contributed by atoms with Crippen molar-refractivity contribution in [2.75, 3.05) is 17.7 Å². The van der Waals surface area contributed by atoms with Crippen molar-refractivity contribution in [3.63, 3.8) is 0 Å². The van der Waals surface area contributed by atoms with Crippen LogP contribution in [0.1, 0.15) is 13.8 Å². The van der Waals surface area contributed by atoms with E-state index in [9.17, 15) is 13.5 Å². The lowest BCUT2D eigenvalue weighted by Gasteiger charge is -2.22. The molecule has 7 heteroatoms. The number of primary sulfonamides is 1. The minimum atomic E-state index is -3.86. The van der Waals surface area contributed by atoms with Crippen molar-refractivity contribution in [2.45, 2.75) is 24.8 Å². The highest BCUT2D eigenvalue weighted by atomic mass is 32.2. The third-order valence-corrected chi connectivity index (χ3v) is 3.61.